The molecule has 0 atom stereocenters. The van der Waals surface area contributed by atoms with Crippen LogP contribution in [0, 0.1) is 0 Å². The molecule has 1 aromatic carbocycles. The van der Waals surface area contributed by atoms with Gasteiger partial charge in [0.05, 0.1) is 24.1 Å². The average molecular weight is 286 g/mol. The first-order valence-electron chi connectivity index (χ1n) is 7.23. The van der Waals surface area contributed by atoms with Crippen molar-refractivity contribution < 1.29 is 14.6 Å². The third-order valence-electron chi connectivity index (χ3n) is 3.79. The van der Waals surface area contributed by atoms with Crippen molar-refractivity contribution >= 4 is 5.97 Å². The Balaban J connectivity index is 1.60. The second kappa shape index (κ2) is 5.99. The van der Waals surface area contributed by atoms with E-state index in [1.54, 1.807) is 24.3 Å². The van der Waals surface area contributed by atoms with Gasteiger partial charge in [0.1, 0.15) is 12.4 Å². The Hall–Kier alpha value is -2.30. The predicted octanol–water partition coefficient (Wildman–Crippen LogP) is 2.54. The average Bonchev–Trinajstić information content (AvgIpc) is 2.91. The number of carboxylic acids is 1. The van der Waals surface area contributed by atoms with Gasteiger partial charge in [-0.3, -0.25) is 0 Å². The molecule has 0 saturated carbocycles. The molecule has 0 aliphatic heterocycles. The fourth-order valence-corrected chi connectivity index (χ4v) is 2.70. The molecule has 1 heterocycles. The highest BCUT2D eigenvalue weighted by molar-refractivity contribution is 5.87. The van der Waals surface area contributed by atoms with Gasteiger partial charge in [0.2, 0.25) is 0 Å². The number of benzene rings is 1. The summed E-state index contributed by atoms with van der Waals surface area (Å²) >= 11 is 0. The Kier molecular flexibility index (Phi) is 3.90. The number of aromatic carboxylic acids is 1. The molecule has 0 spiro atoms. The summed E-state index contributed by atoms with van der Waals surface area (Å²) in [5.74, 6) is -0.354. The summed E-state index contributed by atoms with van der Waals surface area (Å²) in [5.41, 5.74) is 2.78. The van der Waals surface area contributed by atoms with Crippen LogP contribution in [0.25, 0.3) is 0 Å². The van der Waals surface area contributed by atoms with Gasteiger partial charge in [-0.1, -0.05) is 6.07 Å². The van der Waals surface area contributed by atoms with Crippen LogP contribution in [0.5, 0.6) is 5.75 Å². The minimum atomic E-state index is -0.941. The maximum absolute atomic E-state index is 10.9. The van der Waals surface area contributed by atoms with Crippen LogP contribution in [0.4, 0.5) is 0 Å². The van der Waals surface area contributed by atoms with Crippen LogP contribution >= 0.6 is 0 Å². The minimum Gasteiger partial charge on any atom is -0.492 e. The summed E-state index contributed by atoms with van der Waals surface area (Å²) in [6.45, 7) is 1.24. The van der Waals surface area contributed by atoms with E-state index in [1.165, 1.54) is 24.2 Å². The van der Waals surface area contributed by atoms with Crippen molar-refractivity contribution in [3.05, 3.63) is 47.5 Å². The summed E-state index contributed by atoms with van der Waals surface area (Å²) in [6, 6.07) is 6.57. The quantitative estimate of drug-likeness (QED) is 0.917. The molecule has 5 nitrogen and oxygen atoms in total. The zero-order valence-electron chi connectivity index (χ0n) is 11.8. The smallest absolute Gasteiger partial charge is 0.335 e. The van der Waals surface area contributed by atoms with Crippen LogP contribution in [-0.4, -0.2) is 27.2 Å². The van der Waals surface area contributed by atoms with Gasteiger partial charge in [0, 0.05) is 5.69 Å². The molecule has 1 aliphatic rings. The molecule has 110 valence electrons. The number of fused-ring (bicyclic) bond motifs is 1. The van der Waals surface area contributed by atoms with Crippen LogP contribution in [0.2, 0.25) is 0 Å². The lowest BCUT2D eigenvalue weighted by Gasteiger charge is -2.14. The molecule has 0 radical (unpaired) electrons. The van der Waals surface area contributed by atoms with Gasteiger partial charge in [0.15, 0.2) is 0 Å². The molecular formula is C16H18N2O3. The maximum Gasteiger partial charge on any atom is 0.335 e. The molecule has 0 amide bonds. The van der Waals surface area contributed by atoms with Crippen LogP contribution in [0.1, 0.15) is 34.6 Å². The van der Waals surface area contributed by atoms with E-state index in [4.69, 9.17) is 9.84 Å². The second-order valence-corrected chi connectivity index (χ2v) is 5.22. The van der Waals surface area contributed by atoms with E-state index < -0.39 is 5.97 Å². The van der Waals surface area contributed by atoms with Crippen LogP contribution in [-0.2, 0) is 19.4 Å². The van der Waals surface area contributed by atoms with Crippen molar-refractivity contribution in [2.45, 2.75) is 32.2 Å². The summed E-state index contributed by atoms with van der Waals surface area (Å²) in [6.07, 6.45) is 6.49. The lowest BCUT2D eigenvalue weighted by atomic mass is 10.0. The first kappa shape index (κ1) is 13.7. The molecule has 2 aromatic rings. The Bertz CT molecular complexity index is 649. The van der Waals surface area contributed by atoms with Crippen molar-refractivity contribution in [1.29, 1.82) is 0 Å². The SMILES string of the molecule is O=C(O)c1cccc(OCCn2cnc3c2CCCC3)c1. The number of rotatable bonds is 5. The molecule has 0 saturated heterocycles. The third kappa shape index (κ3) is 3.07. The Morgan fingerprint density at radius 1 is 1.33 bits per heavy atom. The minimum absolute atomic E-state index is 0.243. The number of imidazole rings is 1. The first-order valence-corrected chi connectivity index (χ1v) is 7.23. The van der Waals surface area contributed by atoms with Crippen LogP contribution < -0.4 is 4.74 Å². The van der Waals surface area contributed by atoms with Gasteiger partial charge in [-0.15, -0.1) is 0 Å². The zero-order valence-corrected chi connectivity index (χ0v) is 11.8. The summed E-state index contributed by atoms with van der Waals surface area (Å²) in [5, 5.41) is 8.95. The fourth-order valence-electron chi connectivity index (χ4n) is 2.70. The number of nitrogens with zero attached hydrogens (tertiary/aromatic N) is 2. The second-order valence-electron chi connectivity index (χ2n) is 5.22. The summed E-state index contributed by atoms with van der Waals surface area (Å²) in [4.78, 5) is 15.4. The largest absolute Gasteiger partial charge is 0.492 e. The molecule has 0 bridgehead atoms. The van der Waals surface area contributed by atoms with Crippen LogP contribution in [0.3, 0.4) is 0 Å². The van der Waals surface area contributed by atoms with E-state index in [0.29, 0.717) is 12.4 Å². The molecular weight excluding hydrogens is 268 g/mol. The zero-order chi connectivity index (χ0) is 14.7. The van der Waals surface area contributed by atoms with E-state index in [0.717, 1.165) is 19.4 Å². The normalized spacial score (nSPS) is 13.7. The standard InChI is InChI=1S/C16H18N2O3/c19-16(20)12-4-3-5-13(10-12)21-9-8-18-11-17-14-6-1-2-7-15(14)18/h3-5,10-11H,1-2,6-9H2,(H,19,20). The van der Waals surface area contributed by atoms with E-state index in [2.05, 4.69) is 9.55 Å². The van der Waals surface area contributed by atoms with Crippen LogP contribution in [0.15, 0.2) is 30.6 Å². The van der Waals surface area contributed by atoms with Crippen molar-refractivity contribution in [2.24, 2.45) is 0 Å². The van der Waals surface area contributed by atoms with E-state index in [-0.39, 0.29) is 5.56 Å². The number of aryl methyl sites for hydroxylation is 1. The molecule has 1 aromatic heterocycles. The topological polar surface area (TPSA) is 64.3 Å². The van der Waals surface area contributed by atoms with Crippen molar-refractivity contribution in [3.63, 3.8) is 0 Å². The number of ether oxygens (including phenoxy) is 1. The molecule has 0 fully saturated rings. The highest BCUT2D eigenvalue weighted by Crippen LogP contribution is 2.20. The number of hydrogen-bond acceptors (Lipinski definition) is 3. The van der Waals surface area contributed by atoms with Crippen molar-refractivity contribution in [1.82, 2.24) is 9.55 Å². The third-order valence-corrected chi connectivity index (χ3v) is 3.79. The number of hydrogen-bond donors (Lipinski definition) is 1. The van der Waals surface area contributed by atoms with Gasteiger partial charge >= 0.3 is 5.97 Å². The Morgan fingerprint density at radius 2 is 2.19 bits per heavy atom. The molecule has 1 N–H and O–H groups in total. The Morgan fingerprint density at radius 3 is 3.05 bits per heavy atom. The van der Waals surface area contributed by atoms with Gasteiger partial charge in [-0.25, -0.2) is 9.78 Å². The van der Waals surface area contributed by atoms with E-state index in [9.17, 15) is 4.79 Å². The van der Waals surface area contributed by atoms with Gasteiger partial charge < -0.3 is 14.4 Å². The lowest BCUT2D eigenvalue weighted by molar-refractivity contribution is 0.0696. The van der Waals surface area contributed by atoms with E-state index in [1.807, 2.05) is 6.33 Å². The molecule has 21 heavy (non-hydrogen) atoms. The first-order chi connectivity index (χ1) is 10.2. The summed E-state index contributed by atoms with van der Waals surface area (Å²) in [7, 11) is 0. The van der Waals surface area contributed by atoms with Gasteiger partial charge in [-0.2, -0.15) is 0 Å². The fraction of sp³-hybridized carbons (Fsp3) is 0.375. The maximum atomic E-state index is 10.9. The monoisotopic (exact) mass is 286 g/mol. The van der Waals surface area contributed by atoms with Crippen molar-refractivity contribution in [3.8, 4) is 5.75 Å². The molecule has 0 unspecified atom stereocenters. The molecule has 5 heteroatoms. The molecule has 3 rings (SSSR count). The van der Waals surface area contributed by atoms with Crippen molar-refractivity contribution in [2.75, 3.05) is 6.61 Å². The number of carboxylic acid groups (broad SMARTS) is 1. The predicted molar refractivity (Wildman–Crippen MR) is 77.8 cm³/mol. The number of carbonyl (C=O) groups is 1. The summed E-state index contributed by atoms with van der Waals surface area (Å²) < 4.78 is 7.80. The van der Waals surface area contributed by atoms with E-state index >= 15 is 0 Å². The molecule has 1 aliphatic carbocycles. The highest BCUT2D eigenvalue weighted by atomic mass is 16.5. The van der Waals surface area contributed by atoms with Gasteiger partial charge in [0.25, 0.3) is 0 Å². The highest BCUT2D eigenvalue weighted by Gasteiger charge is 2.14. The number of aromatic nitrogens is 2. The lowest BCUT2D eigenvalue weighted by Crippen LogP contribution is -2.13. The van der Waals surface area contributed by atoms with Gasteiger partial charge in [-0.05, 0) is 43.9 Å². The Labute approximate surface area is 123 Å².